The Morgan fingerprint density at radius 1 is 1.50 bits per heavy atom. The predicted octanol–water partition coefficient (Wildman–Crippen LogP) is 3.92. The lowest BCUT2D eigenvalue weighted by Crippen LogP contribution is -1.92. The summed E-state index contributed by atoms with van der Waals surface area (Å²) in [4.78, 5) is 0. The molecule has 1 saturated carbocycles. The lowest BCUT2D eigenvalue weighted by molar-refractivity contribution is 0.463. The molecule has 0 aliphatic heterocycles. The summed E-state index contributed by atoms with van der Waals surface area (Å²) < 4.78 is 10.2. The second-order valence-corrected chi connectivity index (χ2v) is 6.75. The molecule has 1 fully saturated rings. The van der Waals surface area contributed by atoms with Crippen molar-refractivity contribution in [2.24, 2.45) is 5.92 Å². The maximum Gasteiger partial charge on any atom is 0.276 e. The van der Waals surface area contributed by atoms with Crippen molar-refractivity contribution in [3.05, 3.63) is 18.1 Å². The van der Waals surface area contributed by atoms with Crippen LogP contribution in [0.15, 0.2) is 26.4 Å². The van der Waals surface area contributed by atoms with Crippen LogP contribution in [0.25, 0.3) is 11.5 Å². The quantitative estimate of drug-likeness (QED) is 0.633. The first kappa shape index (κ1) is 12.4. The monoisotopic (exact) mass is 304 g/mol. The van der Waals surface area contributed by atoms with Crippen LogP contribution in [-0.2, 0) is 0 Å². The van der Waals surface area contributed by atoms with Crippen molar-refractivity contribution in [1.29, 1.82) is 0 Å². The summed E-state index contributed by atoms with van der Waals surface area (Å²) in [6.07, 6.45) is 2.42. The molecule has 0 amide bonds. The standard InChI is InChI=1S/C11H10Cl2N2O2S/c1-6-8(2-3-16-6)9-14-15-10(17-9)18-5-7-4-11(7,12)13/h2-3,7H,4-5H2,1H3/t7-/m1/s1. The average molecular weight is 305 g/mol. The van der Waals surface area contributed by atoms with Crippen molar-refractivity contribution in [2.75, 3.05) is 5.75 Å². The van der Waals surface area contributed by atoms with Crippen LogP contribution in [0.4, 0.5) is 0 Å². The number of furan rings is 1. The largest absolute Gasteiger partial charge is 0.469 e. The van der Waals surface area contributed by atoms with Gasteiger partial charge in [0.2, 0.25) is 0 Å². The van der Waals surface area contributed by atoms with Crippen molar-refractivity contribution in [1.82, 2.24) is 10.2 Å². The number of aromatic nitrogens is 2. The highest BCUT2D eigenvalue weighted by Crippen LogP contribution is 2.54. The van der Waals surface area contributed by atoms with E-state index in [9.17, 15) is 0 Å². The molecule has 1 aliphatic rings. The van der Waals surface area contributed by atoms with Crippen LogP contribution in [0, 0.1) is 12.8 Å². The molecule has 96 valence electrons. The number of halogens is 2. The fourth-order valence-corrected chi connectivity index (χ4v) is 3.30. The highest BCUT2D eigenvalue weighted by molar-refractivity contribution is 7.99. The topological polar surface area (TPSA) is 52.1 Å². The molecule has 0 radical (unpaired) electrons. The number of thioether (sulfide) groups is 1. The zero-order valence-electron chi connectivity index (χ0n) is 9.52. The van der Waals surface area contributed by atoms with Gasteiger partial charge >= 0.3 is 0 Å². The normalized spacial score (nSPS) is 21.2. The van der Waals surface area contributed by atoms with E-state index in [1.165, 1.54) is 11.8 Å². The third kappa shape index (κ3) is 2.39. The first-order valence-corrected chi connectivity index (χ1v) is 7.19. The molecular weight excluding hydrogens is 295 g/mol. The molecule has 3 rings (SSSR count). The number of hydrogen-bond acceptors (Lipinski definition) is 5. The van der Waals surface area contributed by atoms with Gasteiger partial charge in [0.25, 0.3) is 11.1 Å². The van der Waals surface area contributed by atoms with Gasteiger partial charge in [0.05, 0.1) is 11.8 Å². The predicted molar refractivity (Wildman–Crippen MR) is 70.0 cm³/mol. The molecule has 0 aromatic carbocycles. The Hall–Kier alpha value is -0.650. The minimum Gasteiger partial charge on any atom is -0.469 e. The van der Waals surface area contributed by atoms with Crippen LogP contribution in [0.3, 0.4) is 0 Å². The average Bonchev–Trinajstić information content (AvgIpc) is 2.76. The second kappa shape index (κ2) is 4.47. The Morgan fingerprint density at radius 2 is 2.28 bits per heavy atom. The summed E-state index contributed by atoms with van der Waals surface area (Å²) in [5.74, 6) is 2.33. The van der Waals surface area contributed by atoms with Crippen LogP contribution < -0.4 is 0 Å². The van der Waals surface area contributed by atoms with Gasteiger partial charge in [-0.15, -0.1) is 33.4 Å². The molecule has 1 aliphatic carbocycles. The SMILES string of the molecule is Cc1occc1-c1nnc(SC[C@H]2CC2(Cl)Cl)o1. The summed E-state index contributed by atoms with van der Waals surface area (Å²) in [5.41, 5.74) is 0.824. The maximum atomic E-state index is 5.95. The van der Waals surface area contributed by atoms with Crippen LogP contribution in [0.5, 0.6) is 0 Å². The number of aryl methyl sites for hydroxylation is 1. The number of hydrogen-bond donors (Lipinski definition) is 0. The zero-order valence-corrected chi connectivity index (χ0v) is 11.8. The van der Waals surface area contributed by atoms with E-state index in [4.69, 9.17) is 32.0 Å². The maximum absolute atomic E-state index is 5.95. The van der Waals surface area contributed by atoms with E-state index in [-0.39, 0.29) is 0 Å². The summed E-state index contributed by atoms with van der Waals surface area (Å²) in [7, 11) is 0. The van der Waals surface area contributed by atoms with E-state index in [0.29, 0.717) is 17.0 Å². The van der Waals surface area contributed by atoms with Gasteiger partial charge in [-0.1, -0.05) is 11.8 Å². The third-order valence-electron chi connectivity index (χ3n) is 2.86. The highest BCUT2D eigenvalue weighted by Gasteiger charge is 2.51. The van der Waals surface area contributed by atoms with Gasteiger partial charge in [0.15, 0.2) is 0 Å². The van der Waals surface area contributed by atoms with Gasteiger partial charge in [0, 0.05) is 11.7 Å². The smallest absolute Gasteiger partial charge is 0.276 e. The molecule has 0 N–H and O–H groups in total. The van der Waals surface area contributed by atoms with Crippen molar-refractivity contribution in [2.45, 2.75) is 22.9 Å². The van der Waals surface area contributed by atoms with Crippen LogP contribution >= 0.6 is 35.0 Å². The Balaban J connectivity index is 1.65. The van der Waals surface area contributed by atoms with Gasteiger partial charge < -0.3 is 8.83 Å². The number of alkyl halides is 2. The minimum atomic E-state index is -0.559. The molecule has 18 heavy (non-hydrogen) atoms. The first-order chi connectivity index (χ1) is 8.56. The summed E-state index contributed by atoms with van der Waals surface area (Å²) in [5, 5.41) is 8.50. The minimum absolute atomic E-state index is 0.303. The molecule has 2 aromatic heterocycles. The Labute approximate surface area is 118 Å². The molecule has 0 unspecified atom stereocenters. The molecule has 0 spiro atoms. The zero-order chi connectivity index (χ0) is 12.8. The summed E-state index contributed by atoms with van der Waals surface area (Å²) in [6, 6.07) is 1.81. The number of rotatable bonds is 4. The molecule has 0 saturated heterocycles. The first-order valence-electron chi connectivity index (χ1n) is 5.45. The van der Waals surface area contributed by atoms with Gasteiger partial charge in [-0.2, -0.15) is 0 Å². The molecule has 2 heterocycles. The van der Waals surface area contributed by atoms with E-state index in [1.54, 1.807) is 12.3 Å². The van der Waals surface area contributed by atoms with Crippen molar-refractivity contribution in [3.63, 3.8) is 0 Å². The van der Waals surface area contributed by atoms with Gasteiger partial charge in [-0.3, -0.25) is 0 Å². The third-order valence-corrected chi connectivity index (χ3v) is 4.77. The van der Waals surface area contributed by atoms with Crippen molar-refractivity contribution in [3.8, 4) is 11.5 Å². The fraction of sp³-hybridized carbons (Fsp3) is 0.455. The van der Waals surface area contributed by atoms with Crippen LogP contribution in [0.1, 0.15) is 12.2 Å². The fourth-order valence-electron chi connectivity index (χ4n) is 1.61. The summed E-state index contributed by atoms with van der Waals surface area (Å²) >= 11 is 13.4. The molecule has 0 bridgehead atoms. The molecular formula is C11H10Cl2N2O2S. The van der Waals surface area contributed by atoms with Crippen LogP contribution in [0.2, 0.25) is 0 Å². The van der Waals surface area contributed by atoms with E-state index >= 15 is 0 Å². The molecule has 7 heteroatoms. The second-order valence-electron chi connectivity index (χ2n) is 4.24. The summed E-state index contributed by atoms with van der Waals surface area (Å²) in [6.45, 7) is 1.85. The Morgan fingerprint density at radius 3 is 2.89 bits per heavy atom. The van der Waals surface area contributed by atoms with Gasteiger partial charge in [-0.05, 0) is 19.4 Å². The Kier molecular flexibility index (Phi) is 3.08. The van der Waals surface area contributed by atoms with Crippen molar-refractivity contribution >= 4 is 35.0 Å². The van der Waals surface area contributed by atoms with Crippen LogP contribution in [-0.4, -0.2) is 20.3 Å². The Bertz CT molecular complexity index is 567. The van der Waals surface area contributed by atoms with E-state index in [0.717, 1.165) is 23.5 Å². The molecule has 1 atom stereocenters. The molecule has 4 nitrogen and oxygen atoms in total. The van der Waals surface area contributed by atoms with Crippen molar-refractivity contribution < 1.29 is 8.83 Å². The van der Waals surface area contributed by atoms with E-state index in [2.05, 4.69) is 10.2 Å². The molecule has 2 aromatic rings. The lowest BCUT2D eigenvalue weighted by Gasteiger charge is -1.96. The highest BCUT2D eigenvalue weighted by atomic mass is 35.5. The van der Waals surface area contributed by atoms with Gasteiger partial charge in [0.1, 0.15) is 10.1 Å². The number of nitrogens with zero attached hydrogens (tertiary/aromatic N) is 2. The van der Waals surface area contributed by atoms with E-state index < -0.39 is 4.33 Å². The van der Waals surface area contributed by atoms with E-state index in [1.807, 2.05) is 6.92 Å². The lowest BCUT2D eigenvalue weighted by atomic mass is 10.3. The van der Waals surface area contributed by atoms with Gasteiger partial charge in [-0.25, -0.2) is 0 Å².